The predicted octanol–water partition coefficient (Wildman–Crippen LogP) is 4.68. The molecule has 1 aliphatic rings. The predicted molar refractivity (Wildman–Crippen MR) is 129 cm³/mol. The van der Waals surface area contributed by atoms with E-state index in [0.29, 0.717) is 33.1 Å². The molecule has 34 heavy (non-hydrogen) atoms. The monoisotopic (exact) mass is 483 g/mol. The summed E-state index contributed by atoms with van der Waals surface area (Å²) < 4.78 is 31.5. The number of allylic oxidation sites excluding steroid dienone is 6. The van der Waals surface area contributed by atoms with E-state index in [1.807, 2.05) is 6.92 Å². The van der Waals surface area contributed by atoms with Crippen LogP contribution in [0.15, 0.2) is 70.7 Å². The number of rotatable bonds is 6. The van der Waals surface area contributed by atoms with Crippen LogP contribution in [-0.4, -0.2) is 40.6 Å². The third-order valence-corrected chi connectivity index (χ3v) is 5.47. The molecule has 0 fully saturated rings. The molecule has 0 bridgehead atoms. The molecule has 2 heterocycles. The van der Waals surface area contributed by atoms with Crippen molar-refractivity contribution in [2.24, 2.45) is 0 Å². The Bertz CT molecular complexity index is 1430. The number of benzene rings is 1. The van der Waals surface area contributed by atoms with Crippen LogP contribution in [0.25, 0.3) is 27.9 Å². The summed E-state index contributed by atoms with van der Waals surface area (Å²) in [4.78, 5) is 18.0. The van der Waals surface area contributed by atoms with Crippen LogP contribution in [0.2, 0.25) is 5.02 Å². The lowest BCUT2D eigenvalue weighted by Gasteiger charge is -2.16. The van der Waals surface area contributed by atoms with Gasteiger partial charge in [0.15, 0.2) is 6.61 Å². The van der Waals surface area contributed by atoms with Crippen LogP contribution in [0.4, 0.5) is 8.78 Å². The lowest BCUT2D eigenvalue weighted by atomic mass is 10.0. The number of hydrogen-bond acceptors (Lipinski definition) is 6. The van der Waals surface area contributed by atoms with Gasteiger partial charge < -0.3 is 15.5 Å². The average molecular weight is 484 g/mol. The second kappa shape index (κ2) is 9.56. The highest BCUT2D eigenvalue weighted by atomic mass is 35.5. The van der Waals surface area contributed by atoms with Crippen LogP contribution in [0.5, 0.6) is 5.88 Å². The Kier molecular flexibility index (Phi) is 6.56. The number of alkyl halides is 2. The van der Waals surface area contributed by atoms with Crippen molar-refractivity contribution in [1.29, 1.82) is 5.41 Å². The molecule has 3 aromatic rings. The number of pyridine rings is 1. The first-order chi connectivity index (χ1) is 16.3. The summed E-state index contributed by atoms with van der Waals surface area (Å²) in [7, 11) is 1.75. The summed E-state index contributed by atoms with van der Waals surface area (Å²) in [5.74, 6) is -0.0398. The van der Waals surface area contributed by atoms with Gasteiger partial charge in [0.1, 0.15) is 11.0 Å². The fraction of sp³-hybridized carbons (Fsp3) is 0.167. The number of fused-ring (bicyclic) bond motifs is 1. The van der Waals surface area contributed by atoms with Crippen molar-refractivity contribution in [2.45, 2.75) is 13.3 Å². The molecule has 0 saturated heterocycles. The number of nitrogens with one attached hydrogen (secondary N) is 2. The molecule has 10 heteroatoms. The number of aromatic nitrogens is 3. The normalized spacial score (nSPS) is 15.0. The fourth-order valence-electron chi connectivity index (χ4n) is 3.45. The minimum atomic E-state index is -2.66. The Morgan fingerprint density at radius 2 is 1.94 bits per heavy atom. The molecule has 4 rings (SSSR count). The quantitative estimate of drug-likeness (QED) is 0.531. The standard InChI is InChI=1S/C24H20ClF2N5O2/c1-13(29-2)17-11-16(7-8-18(17)28)32-24(33)22(14-3-5-15(25)6-4-14)23-19(31-32)9-10-21(30-23)34-12-20(26)27/h3-11,20,28-29H,12H2,1-2H3/b17-13-,28-18?. The van der Waals surface area contributed by atoms with Crippen LogP contribution >= 0.6 is 11.6 Å². The second-order valence-electron chi connectivity index (χ2n) is 7.42. The maximum Gasteiger partial charge on any atom is 0.281 e. The van der Waals surface area contributed by atoms with Gasteiger partial charge in [-0.05, 0) is 48.9 Å². The van der Waals surface area contributed by atoms with E-state index in [9.17, 15) is 13.6 Å². The van der Waals surface area contributed by atoms with Crippen molar-refractivity contribution >= 4 is 34.0 Å². The molecule has 1 aromatic carbocycles. The molecule has 0 aliphatic heterocycles. The van der Waals surface area contributed by atoms with Gasteiger partial charge in [0, 0.05) is 29.4 Å². The summed E-state index contributed by atoms with van der Waals surface area (Å²) in [6.45, 7) is 1.01. The van der Waals surface area contributed by atoms with Gasteiger partial charge in [0.05, 0.1) is 17.0 Å². The Morgan fingerprint density at radius 3 is 2.62 bits per heavy atom. The summed E-state index contributed by atoms with van der Waals surface area (Å²) in [5.41, 5.74) is 2.99. The molecule has 0 atom stereocenters. The van der Waals surface area contributed by atoms with E-state index >= 15 is 0 Å². The number of halogens is 3. The molecule has 0 amide bonds. The van der Waals surface area contributed by atoms with Crippen molar-refractivity contribution in [3.05, 3.63) is 81.3 Å². The molecule has 2 N–H and O–H groups in total. The molecule has 0 spiro atoms. The Labute approximate surface area is 198 Å². The van der Waals surface area contributed by atoms with E-state index in [2.05, 4.69) is 15.4 Å². The Morgan fingerprint density at radius 1 is 1.21 bits per heavy atom. The first-order valence-corrected chi connectivity index (χ1v) is 10.6. The van der Waals surface area contributed by atoms with Crippen molar-refractivity contribution in [3.63, 3.8) is 0 Å². The Balaban J connectivity index is 1.97. The van der Waals surface area contributed by atoms with Crippen LogP contribution in [0.1, 0.15) is 6.92 Å². The summed E-state index contributed by atoms with van der Waals surface area (Å²) in [6, 6.07) is 9.62. The SMILES string of the molecule is CN/C(C)=C1/C=C(n2nc3ccc(OCC(F)F)nc3c(-c3ccc(Cl)cc3)c2=O)C=CC1=N. The van der Waals surface area contributed by atoms with Crippen molar-refractivity contribution in [2.75, 3.05) is 13.7 Å². The lowest BCUT2D eigenvalue weighted by Crippen LogP contribution is -2.25. The smallest absolute Gasteiger partial charge is 0.281 e. The summed E-state index contributed by atoms with van der Waals surface area (Å²) in [6.07, 6.45) is 2.26. The molecule has 174 valence electrons. The van der Waals surface area contributed by atoms with Crippen LogP contribution in [0, 0.1) is 5.41 Å². The Hall–Kier alpha value is -3.85. The minimum absolute atomic E-state index is 0.0398. The second-order valence-corrected chi connectivity index (χ2v) is 7.86. The highest BCUT2D eigenvalue weighted by Gasteiger charge is 2.20. The molecule has 1 aliphatic carbocycles. The molecule has 0 radical (unpaired) electrons. The van der Waals surface area contributed by atoms with Crippen LogP contribution in [0.3, 0.4) is 0 Å². The van der Waals surface area contributed by atoms with Crippen molar-refractivity contribution < 1.29 is 13.5 Å². The van der Waals surface area contributed by atoms with E-state index in [1.165, 1.54) is 10.7 Å². The third kappa shape index (κ3) is 4.60. The zero-order valence-electron chi connectivity index (χ0n) is 18.3. The number of ether oxygens (including phenoxy) is 1. The van der Waals surface area contributed by atoms with E-state index in [1.54, 1.807) is 55.6 Å². The van der Waals surface area contributed by atoms with Crippen molar-refractivity contribution in [3.8, 4) is 17.0 Å². The van der Waals surface area contributed by atoms with Crippen LogP contribution in [-0.2, 0) is 0 Å². The zero-order valence-corrected chi connectivity index (χ0v) is 19.0. The van der Waals surface area contributed by atoms with Gasteiger partial charge in [0.25, 0.3) is 12.0 Å². The number of nitrogens with zero attached hydrogens (tertiary/aromatic N) is 3. The van der Waals surface area contributed by atoms with Gasteiger partial charge in [0.2, 0.25) is 5.88 Å². The van der Waals surface area contributed by atoms with E-state index in [-0.39, 0.29) is 17.0 Å². The van der Waals surface area contributed by atoms with Crippen molar-refractivity contribution in [1.82, 2.24) is 20.1 Å². The molecule has 0 unspecified atom stereocenters. The average Bonchev–Trinajstić information content (AvgIpc) is 2.83. The minimum Gasteiger partial charge on any atom is -0.472 e. The molecule has 2 aromatic heterocycles. The van der Waals surface area contributed by atoms with E-state index < -0.39 is 18.6 Å². The maximum absolute atomic E-state index is 13.7. The zero-order chi connectivity index (χ0) is 24.4. The highest BCUT2D eigenvalue weighted by molar-refractivity contribution is 6.30. The summed E-state index contributed by atoms with van der Waals surface area (Å²) in [5, 5.41) is 16.1. The van der Waals surface area contributed by atoms with Gasteiger partial charge in [-0.15, -0.1) is 0 Å². The molecule has 7 nitrogen and oxygen atoms in total. The van der Waals surface area contributed by atoms with Gasteiger partial charge in [-0.3, -0.25) is 4.79 Å². The number of hydrogen-bond donors (Lipinski definition) is 2. The first-order valence-electron chi connectivity index (χ1n) is 10.3. The molecular weight excluding hydrogens is 464 g/mol. The van der Waals surface area contributed by atoms with Gasteiger partial charge in [-0.2, -0.15) is 9.78 Å². The van der Waals surface area contributed by atoms with Gasteiger partial charge >= 0.3 is 0 Å². The lowest BCUT2D eigenvalue weighted by molar-refractivity contribution is 0.0798. The summed E-state index contributed by atoms with van der Waals surface area (Å²) >= 11 is 6.03. The van der Waals surface area contributed by atoms with Crippen LogP contribution < -0.4 is 15.6 Å². The largest absolute Gasteiger partial charge is 0.472 e. The maximum atomic E-state index is 13.7. The van der Waals surface area contributed by atoms with Gasteiger partial charge in [-0.25, -0.2) is 13.8 Å². The third-order valence-electron chi connectivity index (χ3n) is 5.22. The molecular formula is C24H20ClF2N5O2. The fourth-order valence-corrected chi connectivity index (χ4v) is 3.57. The van der Waals surface area contributed by atoms with E-state index in [4.69, 9.17) is 21.7 Å². The molecule has 0 saturated carbocycles. The van der Waals surface area contributed by atoms with Gasteiger partial charge in [-0.1, -0.05) is 23.7 Å². The first kappa shape index (κ1) is 23.3. The van der Waals surface area contributed by atoms with E-state index in [0.717, 1.165) is 5.70 Å². The highest BCUT2D eigenvalue weighted by Crippen LogP contribution is 2.28. The topological polar surface area (TPSA) is 92.9 Å².